The average molecular weight is 223 g/mol. The minimum atomic E-state index is -3.70. The van der Waals surface area contributed by atoms with Gasteiger partial charge in [-0.3, -0.25) is 5.10 Å². The molecule has 1 heterocycles. The second kappa shape index (κ2) is 3.48. The predicted molar refractivity (Wildman–Crippen MR) is 55.4 cm³/mol. The maximum Gasteiger partial charge on any atom is 0.238 e. The zero-order chi connectivity index (χ0) is 10.9. The molecule has 0 saturated heterocycles. The van der Waals surface area contributed by atoms with Gasteiger partial charge in [0.1, 0.15) is 0 Å². The van der Waals surface area contributed by atoms with Crippen LogP contribution < -0.4 is 5.14 Å². The van der Waals surface area contributed by atoms with Gasteiger partial charge in [0.2, 0.25) is 10.0 Å². The third kappa shape index (κ3) is 1.90. The smallest absolute Gasteiger partial charge is 0.238 e. The molecule has 0 amide bonds. The molecule has 0 aliphatic carbocycles. The molecule has 2 aromatic rings. The maximum absolute atomic E-state index is 11.3. The van der Waals surface area contributed by atoms with Gasteiger partial charge in [-0.1, -0.05) is 18.2 Å². The first kappa shape index (κ1) is 9.88. The maximum atomic E-state index is 11.3. The Balaban J connectivity index is 2.68. The quantitative estimate of drug-likeness (QED) is 0.786. The number of rotatable bonds is 2. The fourth-order valence-electron chi connectivity index (χ4n) is 1.35. The van der Waals surface area contributed by atoms with Crippen LogP contribution >= 0.6 is 0 Å². The van der Waals surface area contributed by atoms with E-state index in [2.05, 4.69) is 10.2 Å². The molecular weight excluding hydrogens is 214 g/mol. The first-order chi connectivity index (χ1) is 7.09. The summed E-state index contributed by atoms with van der Waals surface area (Å²) < 4.78 is 22.6. The first-order valence-electron chi connectivity index (χ1n) is 4.20. The molecule has 0 radical (unpaired) electrons. The number of aromatic nitrogens is 2. The van der Waals surface area contributed by atoms with Gasteiger partial charge in [-0.25, -0.2) is 13.6 Å². The van der Waals surface area contributed by atoms with E-state index in [9.17, 15) is 8.42 Å². The Hall–Kier alpha value is -1.66. The van der Waals surface area contributed by atoms with Crippen LogP contribution in [-0.2, 0) is 10.0 Å². The first-order valence-corrected chi connectivity index (χ1v) is 5.74. The minimum absolute atomic E-state index is 0.103. The lowest BCUT2D eigenvalue weighted by Crippen LogP contribution is -2.13. The van der Waals surface area contributed by atoms with Gasteiger partial charge >= 0.3 is 0 Å². The summed E-state index contributed by atoms with van der Waals surface area (Å²) in [7, 11) is -3.70. The summed E-state index contributed by atoms with van der Waals surface area (Å²) in [4.78, 5) is 0.103. The number of sulfonamides is 1. The van der Waals surface area contributed by atoms with Gasteiger partial charge in [-0.15, -0.1) is 0 Å². The van der Waals surface area contributed by atoms with Crippen molar-refractivity contribution in [1.82, 2.24) is 10.2 Å². The lowest BCUT2D eigenvalue weighted by atomic mass is 10.1. The third-order valence-electron chi connectivity index (χ3n) is 2.00. The van der Waals surface area contributed by atoms with E-state index in [4.69, 9.17) is 5.14 Å². The molecule has 0 unspecified atom stereocenters. The van der Waals surface area contributed by atoms with Gasteiger partial charge in [0.25, 0.3) is 0 Å². The molecule has 0 aliphatic rings. The van der Waals surface area contributed by atoms with Crippen LogP contribution in [0.1, 0.15) is 0 Å². The minimum Gasteiger partial charge on any atom is -0.285 e. The Morgan fingerprint density at radius 2 is 2.00 bits per heavy atom. The molecule has 15 heavy (non-hydrogen) atoms. The molecule has 6 heteroatoms. The fourth-order valence-corrected chi connectivity index (χ4v) is 2.11. The van der Waals surface area contributed by atoms with Crippen molar-refractivity contribution < 1.29 is 8.42 Å². The van der Waals surface area contributed by atoms with Crippen LogP contribution in [-0.4, -0.2) is 18.6 Å². The number of hydrogen-bond acceptors (Lipinski definition) is 3. The van der Waals surface area contributed by atoms with Crippen molar-refractivity contribution in [2.75, 3.05) is 0 Å². The summed E-state index contributed by atoms with van der Waals surface area (Å²) in [6.07, 6.45) is 3.16. The van der Waals surface area contributed by atoms with Crippen LogP contribution in [0.15, 0.2) is 41.6 Å². The van der Waals surface area contributed by atoms with Gasteiger partial charge < -0.3 is 0 Å². The van der Waals surface area contributed by atoms with Gasteiger partial charge in [-0.05, 0) is 6.07 Å². The normalized spacial score (nSPS) is 11.5. The van der Waals surface area contributed by atoms with E-state index in [1.54, 1.807) is 30.6 Å². The number of nitrogens with two attached hydrogens (primary N) is 1. The van der Waals surface area contributed by atoms with Crippen molar-refractivity contribution in [2.45, 2.75) is 4.90 Å². The highest BCUT2D eigenvalue weighted by Gasteiger charge is 2.14. The van der Waals surface area contributed by atoms with Crippen molar-refractivity contribution in [2.24, 2.45) is 5.14 Å². The molecule has 0 bridgehead atoms. The van der Waals surface area contributed by atoms with Crippen LogP contribution in [0.25, 0.3) is 11.1 Å². The van der Waals surface area contributed by atoms with Crippen molar-refractivity contribution in [3.8, 4) is 11.1 Å². The molecule has 0 atom stereocenters. The summed E-state index contributed by atoms with van der Waals surface area (Å²) in [5, 5.41) is 11.5. The molecule has 78 valence electrons. The van der Waals surface area contributed by atoms with Crippen molar-refractivity contribution in [1.29, 1.82) is 0 Å². The van der Waals surface area contributed by atoms with Crippen LogP contribution in [0.2, 0.25) is 0 Å². The largest absolute Gasteiger partial charge is 0.285 e. The standard InChI is InChI=1S/C9H9N3O2S/c10-15(13,14)9-4-2-1-3-8(9)7-5-11-12-6-7/h1-6H,(H,11,12)(H2,10,13,14). The summed E-state index contributed by atoms with van der Waals surface area (Å²) in [5.41, 5.74) is 1.24. The highest BCUT2D eigenvalue weighted by Crippen LogP contribution is 2.24. The number of primary sulfonamides is 1. The van der Waals surface area contributed by atoms with Crippen LogP contribution in [0.5, 0.6) is 0 Å². The second-order valence-electron chi connectivity index (χ2n) is 3.03. The van der Waals surface area contributed by atoms with Crippen LogP contribution in [0.4, 0.5) is 0 Å². The highest BCUT2D eigenvalue weighted by molar-refractivity contribution is 7.89. The molecule has 0 spiro atoms. The number of nitrogens with zero attached hydrogens (tertiary/aromatic N) is 1. The SMILES string of the molecule is NS(=O)(=O)c1ccccc1-c1cn[nH]c1. The molecule has 0 aliphatic heterocycles. The van der Waals surface area contributed by atoms with Crippen LogP contribution in [0, 0.1) is 0 Å². The number of H-pyrrole nitrogens is 1. The average Bonchev–Trinajstić information content (AvgIpc) is 2.69. The van der Waals surface area contributed by atoms with E-state index in [0.717, 1.165) is 0 Å². The molecule has 0 fully saturated rings. The van der Waals surface area contributed by atoms with E-state index in [-0.39, 0.29) is 4.90 Å². The predicted octanol–water partition coefficient (Wildman–Crippen LogP) is 0.724. The van der Waals surface area contributed by atoms with Crippen molar-refractivity contribution in [3.63, 3.8) is 0 Å². The lowest BCUT2D eigenvalue weighted by Gasteiger charge is -2.04. The summed E-state index contributed by atoms with van der Waals surface area (Å²) in [6, 6.07) is 6.53. The molecule has 1 aromatic heterocycles. The van der Waals surface area contributed by atoms with Gasteiger partial charge in [-0.2, -0.15) is 5.10 Å². The Labute approximate surface area is 87.0 Å². The van der Waals surface area contributed by atoms with E-state index >= 15 is 0 Å². The molecule has 5 nitrogen and oxygen atoms in total. The fraction of sp³-hybridized carbons (Fsp3) is 0. The topological polar surface area (TPSA) is 88.8 Å². The van der Waals surface area contributed by atoms with E-state index in [1.165, 1.54) is 6.07 Å². The van der Waals surface area contributed by atoms with E-state index in [0.29, 0.717) is 11.1 Å². The zero-order valence-corrected chi connectivity index (χ0v) is 8.53. The van der Waals surface area contributed by atoms with E-state index < -0.39 is 10.0 Å². The number of benzene rings is 1. The van der Waals surface area contributed by atoms with E-state index in [1.807, 2.05) is 0 Å². The summed E-state index contributed by atoms with van der Waals surface area (Å²) in [6.45, 7) is 0. The van der Waals surface area contributed by atoms with Gasteiger partial charge in [0.05, 0.1) is 11.1 Å². The number of hydrogen-bond donors (Lipinski definition) is 2. The molecule has 1 aromatic carbocycles. The molecular formula is C9H9N3O2S. The van der Waals surface area contributed by atoms with Crippen molar-refractivity contribution in [3.05, 3.63) is 36.7 Å². The van der Waals surface area contributed by atoms with Gasteiger partial charge in [0.15, 0.2) is 0 Å². The zero-order valence-electron chi connectivity index (χ0n) is 7.71. The molecule has 2 rings (SSSR count). The Morgan fingerprint density at radius 3 is 2.60 bits per heavy atom. The lowest BCUT2D eigenvalue weighted by molar-refractivity contribution is 0.598. The monoisotopic (exact) mass is 223 g/mol. The third-order valence-corrected chi connectivity index (χ3v) is 2.97. The van der Waals surface area contributed by atoms with Crippen LogP contribution in [0.3, 0.4) is 0 Å². The Kier molecular flexibility index (Phi) is 2.29. The summed E-state index contributed by atoms with van der Waals surface area (Å²) >= 11 is 0. The Morgan fingerprint density at radius 1 is 1.27 bits per heavy atom. The van der Waals surface area contributed by atoms with Gasteiger partial charge in [0, 0.05) is 17.3 Å². The second-order valence-corrected chi connectivity index (χ2v) is 4.56. The Bertz CT molecular complexity index is 561. The highest BCUT2D eigenvalue weighted by atomic mass is 32.2. The molecule has 3 N–H and O–H groups in total. The summed E-state index contributed by atoms with van der Waals surface area (Å²) in [5.74, 6) is 0. The number of aromatic amines is 1. The molecule has 0 saturated carbocycles. The van der Waals surface area contributed by atoms with Crippen molar-refractivity contribution >= 4 is 10.0 Å². The number of nitrogens with one attached hydrogen (secondary N) is 1.